The predicted molar refractivity (Wildman–Crippen MR) is 112 cm³/mol. The summed E-state index contributed by atoms with van der Waals surface area (Å²) in [6.45, 7) is 17.7. The Morgan fingerprint density at radius 3 is 2.77 bits per heavy atom. The van der Waals surface area contributed by atoms with E-state index >= 15 is 0 Å². The molecule has 0 amide bonds. The van der Waals surface area contributed by atoms with Gasteiger partial charge in [0.1, 0.15) is 0 Å². The lowest BCUT2D eigenvalue weighted by atomic mass is 9.68. The van der Waals surface area contributed by atoms with Crippen molar-refractivity contribution >= 4 is 6.21 Å². The van der Waals surface area contributed by atoms with Gasteiger partial charge in [0.25, 0.3) is 0 Å². The van der Waals surface area contributed by atoms with E-state index in [4.69, 9.17) is 10.1 Å². The summed E-state index contributed by atoms with van der Waals surface area (Å²) in [5, 5.41) is 7.30. The summed E-state index contributed by atoms with van der Waals surface area (Å²) >= 11 is 0. The molecular formula is C23H42N2O. The first-order chi connectivity index (χ1) is 12.4. The van der Waals surface area contributed by atoms with Crippen LogP contribution in [0.3, 0.4) is 0 Å². The molecule has 1 saturated carbocycles. The fourth-order valence-corrected chi connectivity index (χ4v) is 5.23. The third kappa shape index (κ3) is 6.20. The van der Waals surface area contributed by atoms with E-state index < -0.39 is 0 Å². The van der Waals surface area contributed by atoms with Gasteiger partial charge < -0.3 is 15.0 Å². The predicted octanol–water partition coefficient (Wildman–Crippen LogP) is 5.41. The van der Waals surface area contributed by atoms with Crippen molar-refractivity contribution in [3.05, 3.63) is 12.2 Å². The van der Waals surface area contributed by atoms with E-state index in [1.165, 1.54) is 44.3 Å². The SMILES string of the molecule is C=C(C)CC(CC)COC1CC[C@@H]2CN(C[C@@H](C)CC=N)CCC2[C@@H]1C. The fraction of sp³-hybridized carbons (Fsp3) is 0.870. The Morgan fingerprint density at radius 2 is 2.12 bits per heavy atom. The van der Waals surface area contributed by atoms with Crippen molar-refractivity contribution in [1.29, 1.82) is 5.41 Å². The second-order valence-corrected chi connectivity index (χ2v) is 9.26. The number of hydrogen-bond acceptors (Lipinski definition) is 3. The molecule has 1 aliphatic heterocycles. The van der Waals surface area contributed by atoms with E-state index in [1.54, 1.807) is 6.21 Å². The van der Waals surface area contributed by atoms with Gasteiger partial charge in [0.2, 0.25) is 0 Å². The molecule has 3 unspecified atom stereocenters. The van der Waals surface area contributed by atoms with Gasteiger partial charge in [-0.3, -0.25) is 0 Å². The zero-order chi connectivity index (χ0) is 19.1. The van der Waals surface area contributed by atoms with Crippen LogP contribution in [0.2, 0.25) is 0 Å². The lowest BCUT2D eigenvalue weighted by Crippen LogP contribution is -2.49. The van der Waals surface area contributed by atoms with E-state index in [0.717, 1.165) is 37.8 Å². The molecule has 26 heavy (non-hydrogen) atoms. The third-order valence-electron chi connectivity index (χ3n) is 6.81. The first-order valence-corrected chi connectivity index (χ1v) is 10.9. The van der Waals surface area contributed by atoms with Gasteiger partial charge in [-0.25, -0.2) is 0 Å². The van der Waals surface area contributed by atoms with Crippen molar-refractivity contribution in [2.24, 2.45) is 29.6 Å². The molecule has 3 nitrogen and oxygen atoms in total. The summed E-state index contributed by atoms with van der Waals surface area (Å²) in [6, 6.07) is 0. The van der Waals surface area contributed by atoms with Gasteiger partial charge in [-0.2, -0.15) is 0 Å². The van der Waals surface area contributed by atoms with Gasteiger partial charge in [-0.05, 0) is 81.4 Å². The fourth-order valence-electron chi connectivity index (χ4n) is 5.23. The molecule has 150 valence electrons. The molecule has 0 aromatic carbocycles. The molecule has 2 fully saturated rings. The van der Waals surface area contributed by atoms with Crippen molar-refractivity contribution in [2.75, 3.05) is 26.2 Å². The Bertz CT molecular complexity index is 449. The van der Waals surface area contributed by atoms with E-state index in [9.17, 15) is 0 Å². The average Bonchev–Trinajstić information content (AvgIpc) is 2.59. The van der Waals surface area contributed by atoms with Crippen molar-refractivity contribution < 1.29 is 4.74 Å². The maximum absolute atomic E-state index is 7.30. The van der Waals surface area contributed by atoms with E-state index in [0.29, 0.717) is 23.9 Å². The van der Waals surface area contributed by atoms with Crippen molar-refractivity contribution in [1.82, 2.24) is 4.90 Å². The molecule has 3 heteroatoms. The lowest BCUT2D eigenvalue weighted by Gasteiger charge is -2.47. The van der Waals surface area contributed by atoms with Crippen LogP contribution in [0, 0.1) is 35.0 Å². The highest BCUT2D eigenvalue weighted by Gasteiger charge is 2.40. The van der Waals surface area contributed by atoms with Crippen molar-refractivity contribution in [2.45, 2.75) is 72.3 Å². The first kappa shape index (κ1) is 21.6. The van der Waals surface area contributed by atoms with Crippen LogP contribution in [-0.4, -0.2) is 43.5 Å². The number of ether oxygens (including phenoxy) is 1. The number of nitrogens with one attached hydrogen (secondary N) is 1. The molecule has 1 N–H and O–H groups in total. The maximum Gasteiger partial charge on any atom is 0.0603 e. The summed E-state index contributed by atoms with van der Waals surface area (Å²) in [4.78, 5) is 2.66. The van der Waals surface area contributed by atoms with Crippen molar-refractivity contribution in [3.8, 4) is 0 Å². The molecule has 0 aromatic rings. The minimum atomic E-state index is 0.457. The second kappa shape index (κ2) is 10.6. The van der Waals surface area contributed by atoms with Crippen LogP contribution in [0.5, 0.6) is 0 Å². The van der Waals surface area contributed by atoms with Crippen LogP contribution in [-0.2, 0) is 4.74 Å². The molecule has 2 aliphatic rings. The van der Waals surface area contributed by atoms with E-state index in [-0.39, 0.29) is 0 Å². The zero-order valence-corrected chi connectivity index (χ0v) is 17.7. The zero-order valence-electron chi connectivity index (χ0n) is 17.7. The molecule has 1 saturated heterocycles. The summed E-state index contributed by atoms with van der Waals surface area (Å²) in [7, 11) is 0. The highest BCUT2D eigenvalue weighted by molar-refractivity contribution is 5.53. The van der Waals surface area contributed by atoms with Gasteiger partial charge in [0, 0.05) is 13.1 Å². The van der Waals surface area contributed by atoms with E-state index in [1.807, 2.05) is 0 Å². The van der Waals surface area contributed by atoms with Gasteiger partial charge in [-0.15, -0.1) is 6.58 Å². The number of fused-ring (bicyclic) bond motifs is 1. The molecule has 1 aliphatic carbocycles. The largest absolute Gasteiger partial charge is 0.378 e. The molecule has 1 heterocycles. The Balaban J connectivity index is 1.81. The normalized spacial score (nSPS) is 31.8. The number of rotatable bonds is 10. The second-order valence-electron chi connectivity index (χ2n) is 9.26. The molecule has 2 rings (SSSR count). The third-order valence-corrected chi connectivity index (χ3v) is 6.81. The molecule has 6 atom stereocenters. The number of nitrogens with zero attached hydrogens (tertiary/aromatic N) is 1. The summed E-state index contributed by atoms with van der Waals surface area (Å²) in [5.74, 6) is 3.62. The summed E-state index contributed by atoms with van der Waals surface area (Å²) < 4.78 is 6.44. The summed E-state index contributed by atoms with van der Waals surface area (Å²) in [6.07, 6.45) is 9.11. The molecular weight excluding hydrogens is 320 g/mol. The number of likely N-dealkylation sites (tertiary alicyclic amines) is 1. The van der Waals surface area contributed by atoms with Crippen LogP contribution in [0.15, 0.2) is 12.2 Å². The van der Waals surface area contributed by atoms with Crippen LogP contribution in [0.4, 0.5) is 0 Å². The van der Waals surface area contributed by atoms with Gasteiger partial charge in [-0.1, -0.05) is 32.8 Å². The molecule has 0 aromatic heterocycles. The Hall–Kier alpha value is -0.670. The number of allylic oxidation sites excluding steroid dienone is 1. The lowest BCUT2D eigenvalue weighted by molar-refractivity contribution is -0.0758. The van der Waals surface area contributed by atoms with Gasteiger partial charge in [0.15, 0.2) is 0 Å². The summed E-state index contributed by atoms with van der Waals surface area (Å²) in [5.41, 5.74) is 1.28. The van der Waals surface area contributed by atoms with Crippen LogP contribution in [0.25, 0.3) is 0 Å². The number of piperidine rings is 1. The van der Waals surface area contributed by atoms with Crippen LogP contribution >= 0.6 is 0 Å². The van der Waals surface area contributed by atoms with E-state index in [2.05, 4.69) is 39.2 Å². The quantitative estimate of drug-likeness (QED) is 0.417. The standard InChI is InChI=1S/C23H42N2O/c1-6-20(13-17(2)3)16-26-23-8-7-21-15-25(14-18(4)9-11-24)12-10-22(21)19(23)5/h11,18-24H,2,6-10,12-16H2,1,3-5H3/t18-,19-,20?,21+,22?,23?/m0/s1. The Kier molecular flexibility index (Phi) is 8.83. The molecule has 0 bridgehead atoms. The molecule has 0 radical (unpaired) electrons. The monoisotopic (exact) mass is 362 g/mol. The molecule has 0 spiro atoms. The van der Waals surface area contributed by atoms with Crippen LogP contribution < -0.4 is 0 Å². The van der Waals surface area contributed by atoms with Gasteiger partial charge >= 0.3 is 0 Å². The Labute approximate surface area is 162 Å². The van der Waals surface area contributed by atoms with Crippen molar-refractivity contribution in [3.63, 3.8) is 0 Å². The van der Waals surface area contributed by atoms with Gasteiger partial charge in [0.05, 0.1) is 12.7 Å². The topological polar surface area (TPSA) is 36.3 Å². The first-order valence-electron chi connectivity index (χ1n) is 10.9. The Morgan fingerprint density at radius 1 is 1.35 bits per heavy atom. The average molecular weight is 363 g/mol. The maximum atomic E-state index is 7.30. The highest BCUT2D eigenvalue weighted by atomic mass is 16.5. The minimum absolute atomic E-state index is 0.457. The smallest absolute Gasteiger partial charge is 0.0603 e. The minimum Gasteiger partial charge on any atom is -0.378 e. The highest BCUT2D eigenvalue weighted by Crippen LogP contribution is 2.41. The number of hydrogen-bond donors (Lipinski definition) is 1. The van der Waals surface area contributed by atoms with Crippen LogP contribution in [0.1, 0.15) is 66.2 Å².